The van der Waals surface area contributed by atoms with Gasteiger partial charge >= 0.3 is 0 Å². The van der Waals surface area contributed by atoms with Crippen LogP contribution >= 0.6 is 26.8 Å². The maximum Gasteiger partial charge on any atom is 0.195 e. The second kappa shape index (κ2) is 7.96. The highest BCUT2D eigenvalue weighted by Gasteiger charge is 2.40. The summed E-state index contributed by atoms with van der Waals surface area (Å²) in [6.07, 6.45) is 18.1. The minimum atomic E-state index is -2.62. The number of hydrogen-bond acceptors (Lipinski definition) is 1. The van der Waals surface area contributed by atoms with Crippen LogP contribution < -0.4 is 5.30 Å². The molecule has 0 fully saturated rings. The van der Waals surface area contributed by atoms with E-state index in [1.54, 1.807) is 0 Å². The van der Waals surface area contributed by atoms with Crippen molar-refractivity contribution >= 4 is 32.1 Å². The first-order chi connectivity index (χ1) is 11.7. The van der Waals surface area contributed by atoms with Crippen LogP contribution in [0, 0.1) is 0 Å². The number of hydrogen-bond donors (Lipinski definition) is 0. The molecule has 0 saturated carbocycles. The highest BCUT2D eigenvalue weighted by molar-refractivity contribution is 14.2. The van der Waals surface area contributed by atoms with Gasteiger partial charge in [-0.3, -0.25) is 0 Å². The van der Waals surface area contributed by atoms with E-state index in [-0.39, 0.29) is 5.92 Å². The van der Waals surface area contributed by atoms with E-state index in [0.29, 0.717) is 0 Å². The molecule has 1 heterocycles. The molecule has 0 saturated heterocycles. The van der Waals surface area contributed by atoms with E-state index in [4.69, 9.17) is 0 Å². The van der Waals surface area contributed by atoms with Gasteiger partial charge in [0.25, 0.3) is 0 Å². The van der Waals surface area contributed by atoms with Crippen molar-refractivity contribution in [3.05, 3.63) is 114 Å². The van der Waals surface area contributed by atoms with Gasteiger partial charge in [0.05, 0.1) is 0 Å². The van der Waals surface area contributed by atoms with Gasteiger partial charge in [-0.25, -0.2) is 0 Å². The Labute approximate surface area is 156 Å². The number of halogens is 1. The topological polar surface area (TPSA) is 17.1 Å². The van der Waals surface area contributed by atoms with Crippen LogP contribution in [0.25, 0.3) is 0 Å². The van der Waals surface area contributed by atoms with Gasteiger partial charge in [0.15, 0.2) is 4.78 Å². The molecular weight excluding hydrogens is 426 g/mol. The predicted octanol–water partition coefficient (Wildman–Crippen LogP) is 6.37. The SMILES string of the molecule is O=P1(I)/C2=C/C=C\C=C/C=C\C=C/C2c2ccccccccc21. The third kappa shape index (κ3) is 3.71. The third-order valence-corrected chi connectivity index (χ3v) is 9.26. The molecule has 1 aromatic rings. The minimum Gasteiger partial charge on any atom is -0.303 e. The van der Waals surface area contributed by atoms with Gasteiger partial charge in [0.1, 0.15) is 0 Å². The van der Waals surface area contributed by atoms with Crippen molar-refractivity contribution in [2.75, 3.05) is 0 Å². The summed E-state index contributed by atoms with van der Waals surface area (Å²) in [5.74, 6) is 0.0350. The van der Waals surface area contributed by atoms with Gasteiger partial charge in [0.2, 0.25) is 0 Å². The second-order valence-corrected chi connectivity index (χ2v) is 11.6. The Morgan fingerprint density at radius 1 is 0.750 bits per heavy atom. The van der Waals surface area contributed by atoms with Crippen molar-refractivity contribution in [2.45, 2.75) is 5.92 Å². The molecule has 1 nitrogen and oxygen atoms in total. The monoisotopic (exact) mass is 444 g/mol. The van der Waals surface area contributed by atoms with Crippen LogP contribution in [0.15, 0.2) is 109 Å². The molecule has 1 aliphatic heterocycles. The first kappa shape index (κ1) is 17.2. The Kier molecular flexibility index (Phi) is 5.70. The van der Waals surface area contributed by atoms with E-state index < -0.39 is 4.78 Å². The van der Waals surface area contributed by atoms with Crippen molar-refractivity contribution in [3.63, 3.8) is 0 Å². The molecule has 2 aliphatic rings. The summed E-state index contributed by atoms with van der Waals surface area (Å²) in [4.78, 5) is -2.62. The van der Waals surface area contributed by atoms with Crippen LogP contribution in [-0.4, -0.2) is 0 Å². The predicted molar refractivity (Wildman–Crippen MR) is 113 cm³/mol. The van der Waals surface area contributed by atoms with Crippen LogP contribution in [-0.2, 0) is 4.57 Å². The van der Waals surface area contributed by atoms with Gasteiger partial charge < -0.3 is 4.57 Å². The van der Waals surface area contributed by atoms with Crippen molar-refractivity contribution in [1.29, 1.82) is 0 Å². The molecule has 0 N–H and O–H groups in total. The quantitative estimate of drug-likeness (QED) is 0.336. The second-order valence-electron chi connectivity index (χ2n) is 5.47. The smallest absolute Gasteiger partial charge is 0.195 e. The highest BCUT2D eigenvalue weighted by Crippen LogP contribution is 2.69. The highest BCUT2D eigenvalue weighted by atomic mass is 127. The lowest BCUT2D eigenvalue weighted by atomic mass is 9.99. The maximum absolute atomic E-state index is 13.6. The van der Waals surface area contributed by atoms with E-state index in [1.165, 1.54) is 0 Å². The zero-order valence-electron chi connectivity index (χ0n) is 13.1. The largest absolute Gasteiger partial charge is 0.303 e. The van der Waals surface area contributed by atoms with Crippen molar-refractivity contribution < 1.29 is 4.57 Å². The average Bonchev–Trinajstić information content (AvgIpc) is 2.75. The lowest BCUT2D eigenvalue weighted by Gasteiger charge is -2.09. The molecule has 0 spiro atoms. The number of allylic oxidation sites excluding steroid dienone is 10. The fourth-order valence-corrected chi connectivity index (χ4v) is 7.46. The summed E-state index contributed by atoms with van der Waals surface area (Å²) < 4.78 is 13.6. The summed E-state index contributed by atoms with van der Waals surface area (Å²) >= 11 is 2.15. The van der Waals surface area contributed by atoms with E-state index in [1.807, 2.05) is 91.1 Å². The number of fused-ring (bicyclic) bond motifs is 3. The van der Waals surface area contributed by atoms with Crippen molar-refractivity contribution in [1.82, 2.24) is 0 Å². The molecule has 0 amide bonds. The minimum absolute atomic E-state index is 0.0350. The standard InChI is InChI=1S/C21H18IOP/c22-24(23)20-16-12-8-3-1-2-6-10-14-18(20)19-15-11-7-4-5-9-13-17-21(19)24/h1-18H/b3-1-,5-4?,6-2-,7-4?,9-5?,11-7?,12-8-,13-9?,14-10-,15-11?,17-13?,19-15?,20-16+,21-17?. The Bertz CT molecular complexity index is 873. The Hall–Kier alpha value is -1.64. The molecule has 2 unspecified atom stereocenters. The number of rotatable bonds is 0. The maximum atomic E-state index is 13.6. The summed E-state index contributed by atoms with van der Waals surface area (Å²) in [7, 11) is 0. The van der Waals surface area contributed by atoms with Gasteiger partial charge in [-0.05, 0) is 5.56 Å². The normalized spacial score (nSPS) is 31.9. The van der Waals surface area contributed by atoms with Gasteiger partial charge in [-0.2, -0.15) is 0 Å². The van der Waals surface area contributed by atoms with Gasteiger partial charge in [-0.1, -0.05) is 103 Å². The third-order valence-electron chi connectivity index (χ3n) is 3.91. The summed E-state index contributed by atoms with van der Waals surface area (Å²) in [5, 5.41) is 1.91. The molecule has 0 aromatic heterocycles. The zero-order chi connectivity index (χ0) is 16.8. The summed E-state index contributed by atoms with van der Waals surface area (Å²) in [5.41, 5.74) is 1.11. The zero-order valence-corrected chi connectivity index (χ0v) is 16.2. The molecule has 24 heavy (non-hydrogen) atoms. The van der Waals surface area contributed by atoms with Gasteiger partial charge in [0, 0.05) is 38.6 Å². The molecular formula is C21H18IOP. The van der Waals surface area contributed by atoms with Crippen LogP contribution in [0.4, 0.5) is 0 Å². The Balaban J connectivity index is 2.28. The Morgan fingerprint density at radius 3 is 2.08 bits per heavy atom. The molecule has 1 aromatic carbocycles. The lowest BCUT2D eigenvalue weighted by Crippen LogP contribution is -1.98. The summed E-state index contributed by atoms with van der Waals surface area (Å²) in [6, 6.07) is 16.0. The fraction of sp³-hybridized carbons (Fsp3) is 0.0476. The lowest BCUT2D eigenvalue weighted by molar-refractivity contribution is 0.595. The van der Waals surface area contributed by atoms with E-state index in [0.717, 1.165) is 16.2 Å². The molecule has 1 aliphatic carbocycles. The van der Waals surface area contributed by atoms with E-state index in [2.05, 4.69) is 34.2 Å². The van der Waals surface area contributed by atoms with Crippen LogP contribution in [0.1, 0.15) is 11.5 Å². The van der Waals surface area contributed by atoms with Gasteiger partial charge in [-0.15, -0.1) is 0 Å². The first-order valence-electron chi connectivity index (χ1n) is 7.83. The summed E-state index contributed by atoms with van der Waals surface area (Å²) in [6.45, 7) is 0. The molecule has 3 rings (SSSR count). The van der Waals surface area contributed by atoms with Crippen molar-refractivity contribution in [2.24, 2.45) is 0 Å². The van der Waals surface area contributed by atoms with Crippen molar-refractivity contribution in [3.8, 4) is 0 Å². The Morgan fingerprint density at radius 2 is 1.33 bits per heavy atom. The van der Waals surface area contributed by atoms with Crippen LogP contribution in [0.2, 0.25) is 0 Å². The molecule has 0 bridgehead atoms. The van der Waals surface area contributed by atoms with E-state index >= 15 is 0 Å². The van der Waals surface area contributed by atoms with Crippen LogP contribution in [0.5, 0.6) is 0 Å². The van der Waals surface area contributed by atoms with E-state index in [9.17, 15) is 4.57 Å². The first-order valence-corrected chi connectivity index (χ1v) is 12.3. The average molecular weight is 444 g/mol. The molecule has 3 heteroatoms. The molecule has 120 valence electrons. The molecule has 0 radical (unpaired) electrons. The van der Waals surface area contributed by atoms with Crippen LogP contribution in [0.3, 0.4) is 0 Å². The molecule has 2 atom stereocenters. The fourth-order valence-electron chi connectivity index (χ4n) is 2.80.